The molecule has 0 bridgehead atoms. The first-order valence-electron chi connectivity index (χ1n) is 8.80. The molecule has 1 saturated heterocycles. The van der Waals surface area contributed by atoms with Gasteiger partial charge in [0.15, 0.2) is 5.60 Å². The van der Waals surface area contributed by atoms with Crippen LogP contribution in [0.5, 0.6) is 0 Å². The molecule has 3 atom stereocenters. The number of anilines is 1. The first kappa shape index (κ1) is 19.9. The summed E-state index contributed by atoms with van der Waals surface area (Å²) < 4.78 is 0. The number of hydrogen-bond acceptors (Lipinski definition) is 4. The van der Waals surface area contributed by atoms with Crippen molar-refractivity contribution in [1.29, 1.82) is 0 Å². The summed E-state index contributed by atoms with van der Waals surface area (Å²) in [6, 6.07) is 7.68. The Balaban J connectivity index is 2.10. The minimum absolute atomic E-state index is 0.0654. The lowest BCUT2D eigenvalue weighted by atomic mass is 9.96. The number of nitrogens with zero attached hydrogens (tertiary/aromatic N) is 1. The Morgan fingerprint density at radius 3 is 2.65 bits per heavy atom. The van der Waals surface area contributed by atoms with E-state index in [2.05, 4.69) is 19.2 Å². The highest BCUT2D eigenvalue weighted by Gasteiger charge is 2.37. The normalized spacial score (nSPS) is 20.5. The second-order valence-corrected chi connectivity index (χ2v) is 7.07. The van der Waals surface area contributed by atoms with Crippen molar-refractivity contribution in [3.63, 3.8) is 0 Å². The number of aliphatic hydroxyl groups is 1. The third kappa shape index (κ3) is 4.22. The summed E-state index contributed by atoms with van der Waals surface area (Å²) in [5.74, 6) is -2.26. The number of benzene rings is 1. The van der Waals surface area contributed by atoms with Crippen LogP contribution in [0.25, 0.3) is 0 Å². The Morgan fingerprint density at radius 1 is 1.38 bits per heavy atom. The number of aliphatic carboxylic acids is 1. The fourth-order valence-electron chi connectivity index (χ4n) is 2.97. The van der Waals surface area contributed by atoms with E-state index in [-0.39, 0.29) is 24.8 Å². The van der Waals surface area contributed by atoms with Crippen molar-refractivity contribution < 1.29 is 24.6 Å². The van der Waals surface area contributed by atoms with Crippen LogP contribution in [0.3, 0.4) is 0 Å². The fourth-order valence-corrected chi connectivity index (χ4v) is 2.97. The average molecular weight is 362 g/mol. The molecule has 0 saturated carbocycles. The van der Waals surface area contributed by atoms with Crippen molar-refractivity contribution in [1.82, 2.24) is 5.32 Å². The summed E-state index contributed by atoms with van der Waals surface area (Å²) in [5, 5.41) is 21.0. The largest absolute Gasteiger partial charge is 0.479 e. The highest BCUT2D eigenvalue weighted by Crippen LogP contribution is 2.33. The van der Waals surface area contributed by atoms with E-state index in [4.69, 9.17) is 5.11 Å². The Bertz CT molecular complexity index is 701. The predicted molar refractivity (Wildman–Crippen MR) is 96.9 cm³/mol. The molecular formula is C19H26N2O5. The van der Waals surface area contributed by atoms with Gasteiger partial charge in [-0.25, -0.2) is 4.79 Å². The SMILES string of the molecule is CCC(C)c1ccccc1N1CC(C(=O)NCC(C)(O)C(=O)O)CC1=O. The van der Waals surface area contributed by atoms with Crippen LogP contribution in [0, 0.1) is 5.92 Å². The number of carboxylic acids is 1. The van der Waals surface area contributed by atoms with Crippen LogP contribution in [0.2, 0.25) is 0 Å². The molecule has 3 unspecified atom stereocenters. The molecule has 1 aromatic rings. The van der Waals surface area contributed by atoms with Crippen LogP contribution in [-0.2, 0) is 14.4 Å². The second kappa shape index (κ2) is 7.86. The molecule has 0 aliphatic carbocycles. The van der Waals surface area contributed by atoms with E-state index >= 15 is 0 Å². The van der Waals surface area contributed by atoms with Gasteiger partial charge in [0, 0.05) is 18.7 Å². The lowest BCUT2D eigenvalue weighted by molar-refractivity contribution is -0.156. The molecule has 0 radical (unpaired) electrons. The topological polar surface area (TPSA) is 107 Å². The smallest absolute Gasteiger partial charge is 0.337 e. The maximum Gasteiger partial charge on any atom is 0.337 e. The first-order chi connectivity index (χ1) is 12.2. The third-order valence-electron chi connectivity index (χ3n) is 4.93. The minimum Gasteiger partial charge on any atom is -0.479 e. The Hall–Kier alpha value is -2.41. The highest BCUT2D eigenvalue weighted by molar-refractivity contribution is 6.01. The second-order valence-electron chi connectivity index (χ2n) is 7.07. The molecular weight excluding hydrogens is 336 g/mol. The number of carboxylic acid groups (broad SMARTS) is 1. The van der Waals surface area contributed by atoms with Crippen molar-refractivity contribution in [2.75, 3.05) is 18.0 Å². The summed E-state index contributed by atoms with van der Waals surface area (Å²) in [7, 11) is 0. The number of carbonyl (C=O) groups is 3. The zero-order valence-electron chi connectivity index (χ0n) is 15.4. The van der Waals surface area contributed by atoms with Crippen molar-refractivity contribution in [3.05, 3.63) is 29.8 Å². The van der Waals surface area contributed by atoms with Crippen LogP contribution in [0.1, 0.15) is 45.1 Å². The van der Waals surface area contributed by atoms with Crippen LogP contribution < -0.4 is 10.2 Å². The van der Waals surface area contributed by atoms with Gasteiger partial charge in [-0.05, 0) is 30.9 Å². The van der Waals surface area contributed by atoms with Crippen LogP contribution in [0.15, 0.2) is 24.3 Å². The van der Waals surface area contributed by atoms with Crippen LogP contribution in [0.4, 0.5) is 5.69 Å². The van der Waals surface area contributed by atoms with Gasteiger partial charge < -0.3 is 20.4 Å². The summed E-state index contributed by atoms with van der Waals surface area (Å²) in [6.07, 6.45) is 1.00. The summed E-state index contributed by atoms with van der Waals surface area (Å²) in [5.41, 5.74) is -0.154. The van der Waals surface area contributed by atoms with E-state index in [1.54, 1.807) is 4.90 Å². The van der Waals surface area contributed by atoms with Gasteiger partial charge >= 0.3 is 5.97 Å². The van der Waals surface area contributed by atoms with Gasteiger partial charge in [0.2, 0.25) is 11.8 Å². The summed E-state index contributed by atoms with van der Waals surface area (Å²) >= 11 is 0. The molecule has 0 spiro atoms. The summed E-state index contributed by atoms with van der Waals surface area (Å²) in [6.45, 7) is 5.13. The molecule has 0 aromatic heterocycles. The quantitative estimate of drug-likeness (QED) is 0.681. The van der Waals surface area contributed by atoms with E-state index in [0.717, 1.165) is 24.6 Å². The number of amides is 2. The first-order valence-corrected chi connectivity index (χ1v) is 8.80. The zero-order valence-corrected chi connectivity index (χ0v) is 15.4. The average Bonchev–Trinajstić information content (AvgIpc) is 3.00. The van der Waals surface area contributed by atoms with Gasteiger partial charge in [0.05, 0.1) is 12.5 Å². The standard InChI is InChI=1S/C19H26N2O5/c1-4-12(2)14-7-5-6-8-15(14)21-10-13(9-16(21)22)17(23)20-11-19(3,26)18(24)25/h5-8,12-13,26H,4,9-11H2,1-3H3,(H,20,23)(H,24,25). The van der Waals surface area contributed by atoms with Gasteiger partial charge in [-0.1, -0.05) is 32.0 Å². The van der Waals surface area contributed by atoms with Gasteiger partial charge in [-0.3, -0.25) is 9.59 Å². The molecule has 26 heavy (non-hydrogen) atoms. The molecule has 2 amide bonds. The van der Waals surface area contributed by atoms with Crippen molar-refractivity contribution in [2.24, 2.45) is 5.92 Å². The van der Waals surface area contributed by atoms with E-state index in [1.165, 1.54) is 0 Å². The van der Waals surface area contributed by atoms with Crippen molar-refractivity contribution in [2.45, 2.75) is 45.1 Å². The van der Waals surface area contributed by atoms with Gasteiger partial charge in [0.25, 0.3) is 0 Å². The number of nitrogens with one attached hydrogen (secondary N) is 1. The maximum atomic E-state index is 12.5. The maximum absolute atomic E-state index is 12.5. The van der Waals surface area contributed by atoms with Gasteiger partial charge in [-0.15, -0.1) is 0 Å². The Morgan fingerprint density at radius 2 is 2.04 bits per heavy atom. The van der Waals surface area contributed by atoms with Crippen LogP contribution >= 0.6 is 0 Å². The Kier molecular flexibility index (Phi) is 6.02. The molecule has 1 aliphatic rings. The molecule has 142 valence electrons. The number of para-hydroxylation sites is 1. The van der Waals surface area contributed by atoms with Gasteiger partial charge in [-0.2, -0.15) is 0 Å². The number of carbonyl (C=O) groups excluding carboxylic acids is 2. The van der Waals surface area contributed by atoms with Crippen molar-refractivity contribution in [3.8, 4) is 0 Å². The molecule has 3 N–H and O–H groups in total. The fraction of sp³-hybridized carbons (Fsp3) is 0.526. The molecule has 7 nitrogen and oxygen atoms in total. The number of hydrogen-bond donors (Lipinski definition) is 3. The molecule has 1 aromatic carbocycles. The van der Waals surface area contributed by atoms with Crippen molar-refractivity contribution >= 4 is 23.5 Å². The van der Waals surface area contributed by atoms with E-state index in [0.29, 0.717) is 0 Å². The summed E-state index contributed by atoms with van der Waals surface area (Å²) in [4.78, 5) is 37.3. The zero-order chi connectivity index (χ0) is 19.5. The number of rotatable bonds is 7. The predicted octanol–water partition coefficient (Wildman–Crippen LogP) is 1.50. The van der Waals surface area contributed by atoms with E-state index in [1.807, 2.05) is 24.3 Å². The highest BCUT2D eigenvalue weighted by atomic mass is 16.4. The molecule has 1 aliphatic heterocycles. The minimum atomic E-state index is -2.04. The molecule has 1 heterocycles. The molecule has 7 heteroatoms. The lowest BCUT2D eigenvalue weighted by Gasteiger charge is -2.23. The molecule has 1 fully saturated rings. The van der Waals surface area contributed by atoms with Crippen LogP contribution in [-0.4, -0.2) is 46.7 Å². The molecule has 2 rings (SSSR count). The van der Waals surface area contributed by atoms with E-state index in [9.17, 15) is 19.5 Å². The lowest BCUT2D eigenvalue weighted by Crippen LogP contribution is -2.48. The third-order valence-corrected chi connectivity index (χ3v) is 4.93. The monoisotopic (exact) mass is 362 g/mol. The van der Waals surface area contributed by atoms with E-state index < -0.39 is 29.9 Å². The van der Waals surface area contributed by atoms with Gasteiger partial charge in [0.1, 0.15) is 0 Å². The Labute approximate surface area is 153 Å².